The van der Waals surface area contributed by atoms with Gasteiger partial charge >= 0.3 is 5.97 Å². The molecule has 0 aliphatic rings. The summed E-state index contributed by atoms with van der Waals surface area (Å²) in [5, 5.41) is 29.0. The lowest BCUT2D eigenvalue weighted by atomic mass is 10.0. The molecule has 5 nitrogen and oxygen atoms in total. The molecular formula is C26H28FNO4. The van der Waals surface area contributed by atoms with Crippen molar-refractivity contribution in [3.05, 3.63) is 78.3 Å². The average Bonchev–Trinajstić information content (AvgIpc) is 3.12. The first-order valence-corrected chi connectivity index (χ1v) is 10.6. The van der Waals surface area contributed by atoms with Crippen molar-refractivity contribution in [3.63, 3.8) is 0 Å². The van der Waals surface area contributed by atoms with Crippen LogP contribution < -0.4 is 0 Å². The van der Waals surface area contributed by atoms with Crippen molar-refractivity contribution in [3.8, 4) is 22.4 Å². The highest BCUT2D eigenvalue weighted by molar-refractivity contribution is 5.84. The molecule has 0 aliphatic carbocycles. The Morgan fingerprint density at radius 1 is 1.03 bits per heavy atom. The van der Waals surface area contributed by atoms with Gasteiger partial charge in [0, 0.05) is 23.9 Å². The Hall–Kier alpha value is -3.22. The van der Waals surface area contributed by atoms with Crippen molar-refractivity contribution in [2.45, 2.75) is 44.8 Å². The number of halogens is 1. The van der Waals surface area contributed by atoms with Crippen molar-refractivity contribution in [2.75, 3.05) is 0 Å². The molecule has 0 amide bonds. The maximum Gasteiger partial charge on any atom is 0.305 e. The quantitative estimate of drug-likeness (QED) is 0.433. The molecule has 3 N–H and O–H groups in total. The van der Waals surface area contributed by atoms with Crippen molar-refractivity contribution in [2.24, 2.45) is 0 Å². The number of aliphatic carboxylic acids is 1. The molecule has 1 aromatic heterocycles. The van der Waals surface area contributed by atoms with Crippen molar-refractivity contribution in [1.82, 2.24) is 4.57 Å². The van der Waals surface area contributed by atoms with Crippen LogP contribution in [0.15, 0.2) is 66.7 Å². The first-order chi connectivity index (χ1) is 15.3. The molecular weight excluding hydrogens is 409 g/mol. The first-order valence-electron chi connectivity index (χ1n) is 10.6. The summed E-state index contributed by atoms with van der Waals surface area (Å²) in [6, 6.07) is 18.2. The van der Waals surface area contributed by atoms with E-state index < -0.39 is 24.6 Å². The third-order valence-electron chi connectivity index (χ3n) is 5.24. The second-order valence-electron chi connectivity index (χ2n) is 8.13. The normalized spacial score (nSPS) is 13.6. The predicted molar refractivity (Wildman–Crippen MR) is 124 cm³/mol. The average molecular weight is 438 g/mol. The van der Waals surface area contributed by atoms with E-state index in [9.17, 15) is 19.4 Å². The zero-order valence-corrected chi connectivity index (χ0v) is 18.1. The van der Waals surface area contributed by atoms with E-state index in [1.807, 2.05) is 34.9 Å². The standard InChI is InChI=1S/C26H28FNO4/c1-17(2)24-16-23(18-6-4-3-5-7-18)26(19-8-10-20(27)11-9-19)28(24)13-12-21(29)14-22(30)15-25(31)32/h3-13,16-17,21-22,29-30H,14-15H2,1-2H3,(H,31,32)/b13-12+/t21-,22-/m1/s1. The molecule has 0 spiro atoms. The summed E-state index contributed by atoms with van der Waals surface area (Å²) >= 11 is 0. The molecule has 0 saturated heterocycles. The molecule has 0 saturated carbocycles. The predicted octanol–water partition coefficient (Wildman–Crippen LogP) is 5.14. The summed E-state index contributed by atoms with van der Waals surface area (Å²) < 4.78 is 15.6. The fourth-order valence-corrected chi connectivity index (χ4v) is 3.72. The Bertz CT molecular complexity index is 1070. The van der Waals surface area contributed by atoms with Gasteiger partial charge in [-0.05, 0) is 53.5 Å². The topological polar surface area (TPSA) is 82.7 Å². The Kier molecular flexibility index (Phi) is 7.62. The highest BCUT2D eigenvalue weighted by Gasteiger charge is 2.19. The van der Waals surface area contributed by atoms with Crippen LogP contribution in [0.25, 0.3) is 28.6 Å². The van der Waals surface area contributed by atoms with Crippen LogP contribution in [-0.2, 0) is 4.79 Å². The maximum absolute atomic E-state index is 13.6. The number of hydrogen-bond donors (Lipinski definition) is 3. The van der Waals surface area contributed by atoms with Crippen LogP contribution in [0.3, 0.4) is 0 Å². The Balaban J connectivity index is 2.08. The summed E-state index contributed by atoms with van der Waals surface area (Å²) in [7, 11) is 0. The number of aromatic nitrogens is 1. The zero-order valence-electron chi connectivity index (χ0n) is 18.1. The van der Waals surface area contributed by atoms with E-state index in [2.05, 4.69) is 19.9 Å². The monoisotopic (exact) mass is 437 g/mol. The molecule has 0 aliphatic heterocycles. The number of benzene rings is 2. The van der Waals surface area contributed by atoms with E-state index in [1.54, 1.807) is 24.4 Å². The van der Waals surface area contributed by atoms with Gasteiger partial charge < -0.3 is 19.9 Å². The Morgan fingerprint density at radius 2 is 1.69 bits per heavy atom. The van der Waals surface area contributed by atoms with Crippen LogP contribution in [0.1, 0.15) is 38.3 Å². The van der Waals surface area contributed by atoms with Crippen molar-refractivity contribution in [1.29, 1.82) is 0 Å². The fourth-order valence-electron chi connectivity index (χ4n) is 3.72. The highest BCUT2D eigenvalue weighted by atomic mass is 19.1. The smallest absolute Gasteiger partial charge is 0.305 e. The number of nitrogens with zero attached hydrogens (tertiary/aromatic N) is 1. The van der Waals surface area contributed by atoms with Crippen molar-refractivity contribution >= 4 is 12.2 Å². The molecule has 0 radical (unpaired) electrons. The summed E-state index contributed by atoms with van der Waals surface area (Å²) in [5.41, 5.74) is 4.67. The Labute approximate surface area is 187 Å². The summed E-state index contributed by atoms with van der Waals surface area (Å²) in [6.07, 6.45) is 0.603. The molecule has 0 bridgehead atoms. The summed E-state index contributed by atoms with van der Waals surface area (Å²) in [5.74, 6) is -1.28. The van der Waals surface area contributed by atoms with Gasteiger partial charge in [0.05, 0.1) is 24.3 Å². The number of carboxylic acids is 1. The largest absolute Gasteiger partial charge is 0.481 e. The molecule has 6 heteroatoms. The van der Waals surface area contributed by atoms with Crippen LogP contribution in [-0.4, -0.2) is 38.1 Å². The number of aliphatic hydroxyl groups excluding tert-OH is 2. The van der Waals surface area contributed by atoms with Gasteiger partial charge in [-0.2, -0.15) is 0 Å². The van der Waals surface area contributed by atoms with Crippen molar-refractivity contribution < 1.29 is 24.5 Å². The molecule has 0 fully saturated rings. The van der Waals surface area contributed by atoms with Gasteiger partial charge in [-0.25, -0.2) is 4.39 Å². The van der Waals surface area contributed by atoms with E-state index >= 15 is 0 Å². The van der Waals surface area contributed by atoms with E-state index in [0.717, 1.165) is 28.1 Å². The lowest BCUT2D eigenvalue weighted by Gasteiger charge is -2.15. The molecule has 168 valence electrons. The van der Waals surface area contributed by atoms with Gasteiger partial charge in [-0.1, -0.05) is 44.2 Å². The third kappa shape index (κ3) is 5.72. The van der Waals surface area contributed by atoms with E-state index in [4.69, 9.17) is 5.11 Å². The van der Waals surface area contributed by atoms with E-state index in [1.165, 1.54) is 12.1 Å². The SMILES string of the molecule is CC(C)c1cc(-c2ccccc2)c(-c2ccc(F)cc2)n1/C=C/[C@@H](O)C[C@@H](O)CC(=O)O. The lowest BCUT2D eigenvalue weighted by molar-refractivity contribution is -0.139. The van der Waals surface area contributed by atoms with Crippen LogP contribution in [0.5, 0.6) is 0 Å². The van der Waals surface area contributed by atoms with Crippen LogP contribution in [0, 0.1) is 5.82 Å². The van der Waals surface area contributed by atoms with Crippen LogP contribution >= 0.6 is 0 Å². The minimum Gasteiger partial charge on any atom is -0.481 e. The van der Waals surface area contributed by atoms with Crippen LogP contribution in [0.4, 0.5) is 4.39 Å². The molecule has 3 rings (SSSR count). The second kappa shape index (κ2) is 10.4. The second-order valence-corrected chi connectivity index (χ2v) is 8.13. The molecule has 3 aromatic rings. The first kappa shape index (κ1) is 23.4. The molecule has 1 heterocycles. The van der Waals surface area contributed by atoms with Gasteiger partial charge in [0.15, 0.2) is 0 Å². The van der Waals surface area contributed by atoms with Crippen LogP contribution in [0.2, 0.25) is 0 Å². The molecule has 0 unspecified atom stereocenters. The lowest BCUT2D eigenvalue weighted by Crippen LogP contribution is -2.19. The Morgan fingerprint density at radius 3 is 2.28 bits per heavy atom. The maximum atomic E-state index is 13.6. The number of carbonyl (C=O) groups is 1. The number of hydrogen-bond acceptors (Lipinski definition) is 3. The fraction of sp³-hybridized carbons (Fsp3) is 0.269. The minimum atomic E-state index is -1.14. The number of carboxylic acid groups (broad SMARTS) is 1. The number of aliphatic hydroxyl groups is 2. The van der Waals surface area contributed by atoms with Gasteiger partial charge in [-0.15, -0.1) is 0 Å². The minimum absolute atomic E-state index is 0.0848. The third-order valence-corrected chi connectivity index (χ3v) is 5.24. The number of rotatable bonds is 9. The van der Waals surface area contributed by atoms with Gasteiger partial charge in [0.25, 0.3) is 0 Å². The van der Waals surface area contributed by atoms with E-state index in [-0.39, 0.29) is 18.2 Å². The highest BCUT2D eigenvalue weighted by Crippen LogP contribution is 2.38. The van der Waals surface area contributed by atoms with Gasteiger partial charge in [-0.3, -0.25) is 4.79 Å². The summed E-state index contributed by atoms with van der Waals surface area (Å²) in [6.45, 7) is 4.13. The molecule has 2 aromatic carbocycles. The zero-order chi connectivity index (χ0) is 23.3. The summed E-state index contributed by atoms with van der Waals surface area (Å²) in [4.78, 5) is 10.8. The van der Waals surface area contributed by atoms with Gasteiger partial charge in [0.1, 0.15) is 5.82 Å². The molecule has 32 heavy (non-hydrogen) atoms. The van der Waals surface area contributed by atoms with E-state index in [0.29, 0.717) is 0 Å². The van der Waals surface area contributed by atoms with Gasteiger partial charge in [0.2, 0.25) is 0 Å². The molecule has 2 atom stereocenters.